The molecule has 0 bridgehead atoms. The largest absolute Gasteiger partial charge is 0.477 e. The Morgan fingerprint density at radius 1 is 1.00 bits per heavy atom. The van der Waals surface area contributed by atoms with Gasteiger partial charge in [0, 0.05) is 12.6 Å². The maximum absolute atomic E-state index is 13.2. The van der Waals surface area contributed by atoms with E-state index in [1.165, 1.54) is 12.1 Å². The maximum atomic E-state index is 13.2. The first-order valence-corrected chi connectivity index (χ1v) is 9.07. The lowest BCUT2D eigenvalue weighted by Gasteiger charge is -2.21. The molecular weight excluding hydrogens is 373 g/mol. The minimum absolute atomic E-state index is 0.271. The zero-order chi connectivity index (χ0) is 20.1. The lowest BCUT2D eigenvalue weighted by molar-refractivity contribution is 0.280. The zero-order valence-electron chi connectivity index (χ0n) is 15.7. The average molecular weight is 391 g/mol. The Balaban J connectivity index is 1.38. The highest BCUT2D eigenvalue weighted by Crippen LogP contribution is 2.32. The van der Waals surface area contributed by atoms with Crippen molar-refractivity contribution in [3.05, 3.63) is 83.9 Å². The van der Waals surface area contributed by atoms with E-state index < -0.39 is 5.54 Å². The molecule has 0 N–H and O–H groups in total. The van der Waals surface area contributed by atoms with E-state index in [1.54, 1.807) is 24.4 Å². The molecule has 0 fully saturated rings. The van der Waals surface area contributed by atoms with E-state index in [2.05, 4.69) is 25.4 Å². The van der Waals surface area contributed by atoms with Crippen molar-refractivity contribution in [2.75, 3.05) is 6.61 Å². The smallest absolute Gasteiger partial charge is 0.322 e. The molecule has 4 rings (SSSR count). The van der Waals surface area contributed by atoms with Gasteiger partial charge in [0.1, 0.15) is 11.6 Å². The molecule has 1 aliphatic heterocycles. The Morgan fingerprint density at radius 2 is 1.79 bits per heavy atom. The molecule has 0 saturated carbocycles. The van der Waals surface area contributed by atoms with Gasteiger partial charge in [-0.1, -0.05) is 35.4 Å². The number of aromatic nitrogens is 2. The van der Waals surface area contributed by atoms with E-state index in [1.807, 2.05) is 37.3 Å². The highest BCUT2D eigenvalue weighted by molar-refractivity contribution is 5.88. The molecule has 0 aliphatic carbocycles. The molecule has 29 heavy (non-hydrogen) atoms. The number of hydrogen-bond acceptors (Lipinski definition) is 7. The molecule has 1 aliphatic rings. The first kappa shape index (κ1) is 18.7. The van der Waals surface area contributed by atoms with Crippen LogP contribution in [-0.4, -0.2) is 22.5 Å². The number of halogens is 1. The van der Waals surface area contributed by atoms with Crippen molar-refractivity contribution in [1.29, 1.82) is 0 Å². The van der Waals surface area contributed by atoms with Gasteiger partial charge in [-0.3, -0.25) is 0 Å². The normalized spacial score (nSPS) is 17.8. The van der Waals surface area contributed by atoms with Gasteiger partial charge in [0.25, 0.3) is 0 Å². The van der Waals surface area contributed by atoms with Crippen molar-refractivity contribution in [3.8, 4) is 11.8 Å². The Kier molecular flexibility index (Phi) is 5.24. The minimum Gasteiger partial charge on any atom is -0.477 e. The van der Waals surface area contributed by atoms with Crippen molar-refractivity contribution in [3.63, 3.8) is 0 Å². The number of benzene rings is 2. The fourth-order valence-corrected chi connectivity index (χ4v) is 2.83. The molecule has 0 amide bonds. The van der Waals surface area contributed by atoms with Crippen LogP contribution in [0.2, 0.25) is 0 Å². The van der Waals surface area contributed by atoms with Gasteiger partial charge in [-0.2, -0.15) is 4.98 Å². The van der Waals surface area contributed by atoms with Gasteiger partial charge in [-0.15, -0.1) is 5.11 Å². The van der Waals surface area contributed by atoms with Crippen molar-refractivity contribution in [2.45, 2.75) is 18.9 Å². The van der Waals surface area contributed by atoms with Crippen molar-refractivity contribution >= 4 is 5.90 Å². The molecule has 1 atom stereocenters. The van der Waals surface area contributed by atoms with Gasteiger partial charge in [0.15, 0.2) is 5.54 Å². The summed E-state index contributed by atoms with van der Waals surface area (Å²) in [6.07, 6.45) is 2.16. The number of para-hydroxylation sites is 1. The van der Waals surface area contributed by atoms with Crippen LogP contribution in [0.5, 0.6) is 11.8 Å². The Labute approximate surface area is 167 Å². The van der Waals surface area contributed by atoms with Crippen LogP contribution in [0, 0.1) is 5.82 Å². The van der Waals surface area contributed by atoms with Gasteiger partial charge < -0.3 is 9.47 Å². The van der Waals surface area contributed by atoms with Crippen LogP contribution in [-0.2, 0) is 16.7 Å². The topological polar surface area (TPSA) is 81.3 Å². The summed E-state index contributed by atoms with van der Waals surface area (Å²) in [5, 5.41) is 11.9. The summed E-state index contributed by atoms with van der Waals surface area (Å²) in [6.45, 7) is 2.15. The molecule has 2 heterocycles. The Hall–Kier alpha value is -3.68. The first-order chi connectivity index (χ1) is 14.1. The molecule has 8 heteroatoms. The second-order valence-corrected chi connectivity index (χ2v) is 6.52. The molecule has 1 aromatic heterocycles. The molecular formula is C21H18FN5O2. The summed E-state index contributed by atoms with van der Waals surface area (Å²) >= 11 is 0. The fourth-order valence-electron chi connectivity index (χ4n) is 2.83. The van der Waals surface area contributed by atoms with Crippen molar-refractivity contribution < 1.29 is 13.9 Å². The summed E-state index contributed by atoms with van der Waals surface area (Å²) in [7, 11) is 0. The number of nitrogens with zero attached hydrogens (tertiary/aromatic N) is 5. The average Bonchev–Trinajstić information content (AvgIpc) is 3.11. The fraction of sp³-hybridized carbons (Fsp3) is 0.190. The van der Waals surface area contributed by atoms with E-state index in [9.17, 15) is 4.39 Å². The van der Waals surface area contributed by atoms with Crippen molar-refractivity contribution in [2.24, 2.45) is 15.4 Å². The van der Waals surface area contributed by atoms with Crippen LogP contribution >= 0.6 is 0 Å². The van der Waals surface area contributed by atoms with Gasteiger partial charge in [-0.25, -0.2) is 9.37 Å². The summed E-state index contributed by atoms with van der Waals surface area (Å²) in [5.74, 6) is 0.711. The van der Waals surface area contributed by atoms with E-state index in [0.717, 1.165) is 11.3 Å². The third kappa shape index (κ3) is 4.26. The lowest BCUT2D eigenvalue weighted by Crippen LogP contribution is -2.30. The molecule has 146 valence electrons. The maximum Gasteiger partial charge on any atom is 0.322 e. The van der Waals surface area contributed by atoms with Gasteiger partial charge in [0.2, 0.25) is 5.90 Å². The number of rotatable bonds is 6. The minimum atomic E-state index is -0.874. The van der Waals surface area contributed by atoms with E-state index in [-0.39, 0.29) is 11.8 Å². The predicted octanol–water partition coefficient (Wildman–Crippen LogP) is 4.66. The summed E-state index contributed by atoms with van der Waals surface area (Å²) in [5.41, 5.74) is 0.641. The monoisotopic (exact) mass is 391 g/mol. The quantitative estimate of drug-likeness (QED) is 0.612. The van der Waals surface area contributed by atoms with E-state index in [4.69, 9.17) is 9.47 Å². The van der Waals surface area contributed by atoms with E-state index in [0.29, 0.717) is 24.7 Å². The Bertz CT molecular complexity index is 1040. The zero-order valence-corrected chi connectivity index (χ0v) is 15.7. The highest BCUT2D eigenvalue weighted by atomic mass is 19.1. The molecule has 2 aromatic carbocycles. The second kappa shape index (κ2) is 8.14. The van der Waals surface area contributed by atoms with Crippen LogP contribution in [0.25, 0.3) is 0 Å². The van der Waals surface area contributed by atoms with Crippen LogP contribution < -0.4 is 4.74 Å². The summed E-state index contributed by atoms with van der Waals surface area (Å²) in [4.78, 5) is 8.53. The third-order valence-electron chi connectivity index (χ3n) is 4.44. The van der Waals surface area contributed by atoms with Crippen LogP contribution in [0.3, 0.4) is 0 Å². The van der Waals surface area contributed by atoms with Crippen LogP contribution in [0.1, 0.15) is 18.2 Å². The van der Waals surface area contributed by atoms with Gasteiger partial charge in [-0.05, 0) is 48.0 Å². The van der Waals surface area contributed by atoms with Crippen LogP contribution in [0.15, 0.2) is 82.3 Å². The van der Waals surface area contributed by atoms with Crippen molar-refractivity contribution in [1.82, 2.24) is 9.97 Å². The summed E-state index contributed by atoms with van der Waals surface area (Å²) < 4.78 is 24.7. The highest BCUT2D eigenvalue weighted by Gasteiger charge is 2.38. The first-order valence-electron chi connectivity index (χ1n) is 9.07. The number of hydrogen-bond donors (Lipinski definition) is 0. The molecule has 0 saturated heterocycles. The van der Waals surface area contributed by atoms with Gasteiger partial charge in [0.05, 0.1) is 12.3 Å². The van der Waals surface area contributed by atoms with Gasteiger partial charge >= 0.3 is 6.01 Å². The lowest BCUT2D eigenvalue weighted by atomic mass is 9.93. The molecule has 3 aromatic rings. The number of ether oxygens (including phenoxy) is 2. The molecule has 1 unspecified atom stereocenters. The molecule has 0 radical (unpaired) electrons. The molecule has 7 nitrogen and oxygen atoms in total. The predicted molar refractivity (Wildman–Crippen MR) is 104 cm³/mol. The van der Waals surface area contributed by atoms with E-state index >= 15 is 0 Å². The summed E-state index contributed by atoms with van der Waals surface area (Å²) in [6, 6.07) is 17.5. The SMILES string of the molecule is CC1(c2ccc(F)cc2)N=NN=C1OCCc1ccnc(Oc2ccccc2)n1. The third-order valence-corrected chi connectivity index (χ3v) is 4.44. The second-order valence-electron chi connectivity index (χ2n) is 6.52. The standard InChI is InChI=1S/C21H18FN5O2/c1-21(15-7-9-16(22)10-8-15)19(25-27-26-21)28-14-12-17-11-13-23-20(24-17)29-18-5-3-2-4-6-18/h2-11,13H,12,14H2,1H3. The molecule has 0 spiro atoms. The Morgan fingerprint density at radius 3 is 2.59 bits per heavy atom. The van der Waals surface area contributed by atoms with Crippen LogP contribution in [0.4, 0.5) is 4.39 Å².